The van der Waals surface area contributed by atoms with Gasteiger partial charge in [0.05, 0.1) is 11.2 Å². The average molecular weight is 240 g/mol. The summed E-state index contributed by atoms with van der Waals surface area (Å²) >= 11 is 1.75. The van der Waals surface area contributed by atoms with Crippen molar-refractivity contribution in [2.45, 2.75) is 59.5 Å². The van der Waals surface area contributed by atoms with Crippen LogP contribution in [0.15, 0.2) is 5.51 Å². The molecule has 3 heteroatoms. The second-order valence-corrected chi connectivity index (χ2v) is 5.44. The van der Waals surface area contributed by atoms with Gasteiger partial charge in [0.1, 0.15) is 0 Å². The maximum Gasteiger partial charge on any atom is 0.0798 e. The Labute approximate surface area is 103 Å². The maximum atomic E-state index is 4.31. The smallest absolute Gasteiger partial charge is 0.0798 e. The lowest BCUT2D eigenvalue weighted by atomic mass is 9.95. The molecule has 2 nitrogen and oxygen atoms in total. The van der Waals surface area contributed by atoms with Gasteiger partial charge in [-0.05, 0) is 26.7 Å². The molecule has 0 radical (unpaired) electrons. The Bertz CT molecular complexity index is 305. The Kier molecular flexibility index (Phi) is 5.42. The van der Waals surface area contributed by atoms with Gasteiger partial charge in [-0.3, -0.25) is 0 Å². The number of aromatic nitrogens is 1. The number of hydrogen-bond donors (Lipinski definition) is 1. The molecule has 0 aliphatic heterocycles. The van der Waals surface area contributed by atoms with E-state index in [0.29, 0.717) is 12.1 Å². The van der Waals surface area contributed by atoms with Crippen molar-refractivity contribution in [3.05, 3.63) is 16.1 Å². The number of rotatable bonds is 6. The predicted octanol–water partition coefficient (Wildman–Crippen LogP) is 3.93. The fourth-order valence-corrected chi connectivity index (χ4v) is 3.15. The highest BCUT2D eigenvalue weighted by molar-refractivity contribution is 7.09. The van der Waals surface area contributed by atoms with Crippen molar-refractivity contribution < 1.29 is 0 Å². The SMILES string of the molecule is CCC(CC)C(C)NC(C)c1scnc1C. The molecule has 0 aliphatic rings. The van der Waals surface area contributed by atoms with Gasteiger partial charge in [0, 0.05) is 17.0 Å². The molecule has 0 aliphatic carbocycles. The quantitative estimate of drug-likeness (QED) is 0.815. The van der Waals surface area contributed by atoms with Crippen LogP contribution in [0.4, 0.5) is 0 Å². The third kappa shape index (κ3) is 3.29. The van der Waals surface area contributed by atoms with E-state index >= 15 is 0 Å². The van der Waals surface area contributed by atoms with Crippen LogP contribution in [0.1, 0.15) is 57.1 Å². The fraction of sp³-hybridized carbons (Fsp3) is 0.769. The van der Waals surface area contributed by atoms with E-state index < -0.39 is 0 Å². The topological polar surface area (TPSA) is 24.9 Å². The lowest BCUT2D eigenvalue weighted by Crippen LogP contribution is -2.34. The van der Waals surface area contributed by atoms with E-state index in [-0.39, 0.29) is 0 Å². The summed E-state index contributed by atoms with van der Waals surface area (Å²) in [5, 5.41) is 3.70. The van der Waals surface area contributed by atoms with Crippen LogP contribution in [-0.4, -0.2) is 11.0 Å². The highest BCUT2D eigenvalue weighted by Gasteiger charge is 2.18. The van der Waals surface area contributed by atoms with Crippen molar-refractivity contribution in [3.8, 4) is 0 Å². The molecule has 1 aromatic heterocycles. The predicted molar refractivity (Wildman–Crippen MR) is 71.9 cm³/mol. The fourth-order valence-electron chi connectivity index (χ4n) is 2.33. The molecule has 0 saturated carbocycles. The third-order valence-corrected chi connectivity index (χ3v) is 4.56. The van der Waals surface area contributed by atoms with E-state index in [1.807, 2.05) is 5.51 Å². The minimum atomic E-state index is 0.420. The molecule has 1 heterocycles. The van der Waals surface area contributed by atoms with Gasteiger partial charge in [-0.15, -0.1) is 11.3 Å². The number of aryl methyl sites for hydroxylation is 1. The first-order chi connectivity index (χ1) is 7.60. The molecule has 1 N–H and O–H groups in total. The summed E-state index contributed by atoms with van der Waals surface area (Å²) in [6, 6.07) is 0.995. The van der Waals surface area contributed by atoms with Crippen molar-refractivity contribution >= 4 is 11.3 Å². The number of thiazole rings is 1. The second-order valence-electron chi connectivity index (χ2n) is 4.56. The highest BCUT2D eigenvalue weighted by atomic mass is 32.1. The Morgan fingerprint density at radius 1 is 1.31 bits per heavy atom. The van der Waals surface area contributed by atoms with Crippen LogP contribution < -0.4 is 5.32 Å². The molecule has 92 valence electrons. The molecule has 2 unspecified atom stereocenters. The summed E-state index contributed by atoms with van der Waals surface area (Å²) < 4.78 is 0. The Morgan fingerprint density at radius 3 is 2.38 bits per heavy atom. The van der Waals surface area contributed by atoms with E-state index in [1.165, 1.54) is 23.4 Å². The van der Waals surface area contributed by atoms with Gasteiger partial charge in [-0.1, -0.05) is 26.7 Å². The summed E-state index contributed by atoms with van der Waals surface area (Å²) in [7, 11) is 0. The van der Waals surface area contributed by atoms with Gasteiger partial charge in [-0.2, -0.15) is 0 Å². The summed E-state index contributed by atoms with van der Waals surface area (Å²) in [5.41, 5.74) is 3.10. The van der Waals surface area contributed by atoms with Crippen LogP contribution in [0.2, 0.25) is 0 Å². The van der Waals surface area contributed by atoms with Crippen LogP contribution in [0, 0.1) is 12.8 Å². The second kappa shape index (κ2) is 6.36. The monoisotopic (exact) mass is 240 g/mol. The standard InChI is InChI=1S/C13H24N2S/c1-6-12(7-2)9(3)15-11(5)13-10(4)14-8-16-13/h8-9,11-12,15H,6-7H2,1-5H3. The minimum absolute atomic E-state index is 0.420. The summed E-state index contributed by atoms with van der Waals surface area (Å²) in [4.78, 5) is 5.68. The van der Waals surface area contributed by atoms with Gasteiger partial charge in [0.2, 0.25) is 0 Å². The zero-order valence-electron chi connectivity index (χ0n) is 11.1. The van der Waals surface area contributed by atoms with Crippen LogP contribution in [0.5, 0.6) is 0 Å². The number of nitrogens with one attached hydrogen (secondary N) is 1. The Hall–Kier alpha value is -0.410. The van der Waals surface area contributed by atoms with Gasteiger partial charge in [-0.25, -0.2) is 4.98 Å². The van der Waals surface area contributed by atoms with Gasteiger partial charge >= 0.3 is 0 Å². The lowest BCUT2D eigenvalue weighted by molar-refractivity contribution is 0.331. The first-order valence-corrected chi connectivity index (χ1v) is 7.14. The minimum Gasteiger partial charge on any atom is -0.307 e. The van der Waals surface area contributed by atoms with Crippen molar-refractivity contribution in [1.82, 2.24) is 10.3 Å². The van der Waals surface area contributed by atoms with Crippen LogP contribution in [0.3, 0.4) is 0 Å². The highest BCUT2D eigenvalue weighted by Crippen LogP contribution is 2.23. The molecular weight excluding hydrogens is 216 g/mol. The van der Waals surface area contributed by atoms with Gasteiger partial charge in [0.25, 0.3) is 0 Å². The molecule has 0 aromatic carbocycles. The normalized spacial score (nSPS) is 15.4. The molecule has 0 bridgehead atoms. The summed E-state index contributed by atoms with van der Waals surface area (Å²) in [6.45, 7) is 11.2. The van der Waals surface area contributed by atoms with Crippen LogP contribution >= 0.6 is 11.3 Å². The molecule has 1 aromatic rings. The van der Waals surface area contributed by atoms with Crippen LogP contribution in [-0.2, 0) is 0 Å². The number of nitrogens with zero attached hydrogens (tertiary/aromatic N) is 1. The van der Waals surface area contributed by atoms with Crippen molar-refractivity contribution in [1.29, 1.82) is 0 Å². The van der Waals surface area contributed by atoms with E-state index in [1.54, 1.807) is 11.3 Å². The molecule has 0 fully saturated rings. The molecule has 2 atom stereocenters. The average Bonchev–Trinajstić information content (AvgIpc) is 2.66. The largest absolute Gasteiger partial charge is 0.307 e. The molecule has 1 rings (SSSR count). The van der Waals surface area contributed by atoms with Crippen molar-refractivity contribution in [3.63, 3.8) is 0 Å². The van der Waals surface area contributed by atoms with Gasteiger partial charge in [0.15, 0.2) is 0 Å². The van der Waals surface area contributed by atoms with E-state index in [4.69, 9.17) is 0 Å². The first-order valence-electron chi connectivity index (χ1n) is 6.26. The van der Waals surface area contributed by atoms with Gasteiger partial charge < -0.3 is 5.32 Å². The van der Waals surface area contributed by atoms with Crippen molar-refractivity contribution in [2.75, 3.05) is 0 Å². The van der Waals surface area contributed by atoms with Crippen LogP contribution in [0.25, 0.3) is 0 Å². The summed E-state index contributed by atoms with van der Waals surface area (Å²) in [6.07, 6.45) is 2.50. The zero-order valence-corrected chi connectivity index (χ0v) is 11.9. The first kappa shape index (κ1) is 13.7. The Morgan fingerprint density at radius 2 is 1.94 bits per heavy atom. The van der Waals surface area contributed by atoms with Crippen molar-refractivity contribution in [2.24, 2.45) is 5.92 Å². The van der Waals surface area contributed by atoms with E-state index in [2.05, 4.69) is 44.9 Å². The Balaban J connectivity index is 2.57. The third-order valence-electron chi connectivity index (χ3n) is 3.44. The number of hydrogen-bond acceptors (Lipinski definition) is 3. The molecule has 16 heavy (non-hydrogen) atoms. The maximum absolute atomic E-state index is 4.31. The molecule has 0 saturated heterocycles. The van der Waals surface area contributed by atoms with E-state index in [9.17, 15) is 0 Å². The lowest BCUT2D eigenvalue weighted by Gasteiger charge is -2.26. The summed E-state index contributed by atoms with van der Waals surface area (Å²) in [5.74, 6) is 0.774. The molecular formula is C13H24N2S. The molecule has 0 amide bonds. The van der Waals surface area contributed by atoms with E-state index in [0.717, 1.165) is 5.92 Å². The molecule has 0 spiro atoms. The zero-order chi connectivity index (χ0) is 12.1.